The van der Waals surface area contributed by atoms with Crippen molar-refractivity contribution in [3.8, 4) is 6.07 Å². The Morgan fingerprint density at radius 2 is 2.06 bits per heavy atom. The number of hydrogen-bond acceptors (Lipinski definition) is 5. The average Bonchev–Trinajstić information content (AvgIpc) is 2.35. The first-order chi connectivity index (χ1) is 8.63. The lowest BCUT2D eigenvalue weighted by Gasteiger charge is -2.09. The third kappa shape index (κ3) is 2.06. The molecule has 1 heterocycles. The van der Waals surface area contributed by atoms with Crippen molar-refractivity contribution in [1.29, 1.82) is 5.26 Å². The van der Waals surface area contributed by atoms with Gasteiger partial charge in [0.25, 0.3) is 5.56 Å². The van der Waals surface area contributed by atoms with E-state index in [0.29, 0.717) is 10.8 Å². The van der Waals surface area contributed by atoms with Crippen LogP contribution < -0.4 is 10.7 Å². The van der Waals surface area contributed by atoms with Gasteiger partial charge >= 0.3 is 0 Å². The number of fused-ring (bicyclic) bond motifs is 1. The van der Waals surface area contributed by atoms with E-state index in [0.717, 1.165) is 4.68 Å². The number of carboxylic acids is 1. The van der Waals surface area contributed by atoms with Gasteiger partial charge in [-0.3, -0.25) is 4.79 Å². The van der Waals surface area contributed by atoms with Crippen molar-refractivity contribution < 1.29 is 9.90 Å². The third-order valence-electron chi connectivity index (χ3n) is 2.48. The topological polar surface area (TPSA) is 98.8 Å². The van der Waals surface area contributed by atoms with Gasteiger partial charge in [-0.2, -0.15) is 10.4 Å². The van der Waals surface area contributed by atoms with Crippen LogP contribution in [0.4, 0.5) is 0 Å². The minimum atomic E-state index is -1.28. The van der Waals surface area contributed by atoms with E-state index in [1.165, 1.54) is 0 Å². The molecule has 2 rings (SSSR count). The average molecular weight is 242 g/mol. The van der Waals surface area contributed by atoms with E-state index >= 15 is 0 Å². The number of nitriles is 1. The molecule has 6 nitrogen and oxygen atoms in total. The maximum atomic E-state index is 11.9. The number of carbonyl (C=O) groups excluding carboxylic acids is 1. The van der Waals surface area contributed by atoms with Gasteiger partial charge in [0.05, 0.1) is 17.1 Å². The van der Waals surface area contributed by atoms with Crippen LogP contribution in [0.3, 0.4) is 0 Å². The Morgan fingerprint density at radius 3 is 2.67 bits per heavy atom. The molecular formula is C12H8N3O3-. The lowest BCUT2D eigenvalue weighted by atomic mass is 10.1. The molecule has 0 saturated heterocycles. The van der Waals surface area contributed by atoms with Gasteiger partial charge in [0.15, 0.2) is 0 Å². The molecule has 6 heteroatoms. The number of carbonyl (C=O) groups is 1. The minimum Gasteiger partial charge on any atom is -0.550 e. The number of aliphatic carboxylic acids is 1. The van der Waals surface area contributed by atoms with Crippen LogP contribution in [0.2, 0.25) is 0 Å². The highest BCUT2D eigenvalue weighted by Gasteiger charge is 2.09. The quantitative estimate of drug-likeness (QED) is 0.702. The highest BCUT2D eigenvalue weighted by molar-refractivity contribution is 5.86. The van der Waals surface area contributed by atoms with Crippen LogP contribution in [0.25, 0.3) is 10.8 Å². The van der Waals surface area contributed by atoms with Crippen LogP contribution in [0, 0.1) is 11.3 Å². The Kier molecular flexibility index (Phi) is 3.06. The number of benzene rings is 1. The van der Waals surface area contributed by atoms with Crippen LogP contribution in [-0.4, -0.2) is 15.7 Å². The Labute approximate surface area is 102 Å². The van der Waals surface area contributed by atoms with Gasteiger partial charge in [0.1, 0.15) is 6.54 Å². The van der Waals surface area contributed by atoms with E-state index in [4.69, 9.17) is 5.26 Å². The fourth-order valence-electron chi connectivity index (χ4n) is 1.75. The Bertz CT molecular complexity index is 713. The minimum absolute atomic E-state index is 0.219. The van der Waals surface area contributed by atoms with E-state index in [1.54, 1.807) is 24.3 Å². The van der Waals surface area contributed by atoms with Gasteiger partial charge in [-0.1, -0.05) is 18.2 Å². The second-order valence-corrected chi connectivity index (χ2v) is 3.66. The highest BCUT2D eigenvalue weighted by Crippen LogP contribution is 2.13. The van der Waals surface area contributed by atoms with Crippen molar-refractivity contribution in [2.75, 3.05) is 0 Å². The maximum Gasteiger partial charge on any atom is 0.275 e. The number of nitrogens with zero attached hydrogens (tertiary/aromatic N) is 3. The van der Waals surface area contributed by atoms with Crippen LogP contribution in [0.5, 0.6) is 0 Å². The van der Waals surface area contributed by atoms with Gasteiger partial charge in [0, 0.05) is 17.8 Å². The van der Waals surface area contributed by atoms with Crippen LogP contribution in [-0.2, 0) is 17.8 Å². The summed E-state index contributed by atoms with van der Waals surface area (Å²) in [5, 5.41) is 24.0. The van der Waals surface area contributed by atoms with E-state index in [2.05, 4.69) is 5.10 Å². The summed E-state index contributed by atoms with van der Waals surface area (Å²) in [6.07, 6.45) is -0.397. The molecule has 1 aromatic carbocycles. The van der Waals surface area contributed by atoms with Crippen molar-refractivity contribution in [3.05, 3.63) is 40.3 Å². The summed E-state index contributed by atoms with van der Waals surface area (Å²) in [4.78, 5) is 22.6. The molecule has 0 aliphatic heterocycles. The molecule has 0 aliphatic rings. The predicted octanol–water partition coefficient (Wildman–Crippen LogP) is -0.788. The summed E-state index contributed by atoms with van der Waals surface area (Å²) < 4.78 is 0.959. The number of carboxylic acid groups (broad SMARTS) is 1. The predicted molar refractivity (Wildman–Crippen MR) is 60.3 cm³/mol. The molecule has 0 bridgehead atoms. The summed E-state index contributed by atoms with van der Waals surface area (Å²) in [7, 11) is 0. The van der Waals surface area contributed by atoms with Crippen molar-refractivity contribution in [2.24, 2.45) is 0 Å². The summed E-state index contributed by atoms with van der Waals surface area (Å²) in [6, 6.07) is 8.37. The first kappa shape index (κ1) is 11.8. The third-order valence-corrected chi connectivity index (χ3v) is 2.48. The second kappa shape index (κ2) is 4.67. The number of rotatable bonds is 3. The van der Waals surface area contributed by atoms with Crippen LogP contribution in [0.15, 0.2) is 29.1 Å². The Balaban J connectivity index is 2.76. The zero-order chi connectivity index (χ0) is 13.1. The van der Waals surface area contributed by atoms with E-state index in [-0.39, 0.29) is 12.2 Å². The van der Waals surface area contributed by atoms with Crippen LogP contribution in [0.1, 0.15) is 5.69 Å². The van der Waals surface area contributed by atoms with Gasteiger partial charge in [-0.25, -0.2) is 4.68 Å². The van der Waals surface area contributed by atoms with E-state index in [1.807, 2.05) is 6.07 Å². The van der Waals surface area contributed by atoms with Gasteiger partial charge in [-0.05, 0) is 6.07 Å². The first-order valence-corrected chi connectivity index (χ1v) is 5.19. The smallest absolute Gasteiger partial charge is 0.275 e. The zero-order valence-electron chi connectivity index (χ0n) is 9.29. The molecule has 0 aliphatic carbocycles. The van der Waals surface area contributed by atoms with Gasteiger partial charge < -0.3 is 9.90 Å². The van der Waals surface area contributed by atoms with Crippen molar-refractivity contribution in [1.82, 2.24) is 9.78 Å². The highest BCUT2D eigenvalue weighted by atomic mass is 16.4. The first-order valence-electron chi connectivity index (χ1n) is 5.19. The molecule has 1 aromatic heterocycles. The van der Waals surface area contributed by atoms with Crippen molar-refractivity contribution >= 4 is 16.7 Å². The molecule has 0 saturated carbocycles. The number of aromatic nitrogens is 2. The fourth-order valence-corrected chi connectivity index (χ4v) is 1.75. The molecule has 18 heavy (non-hydrogen) atoms. The second-order valence-electron chi connectivity index (χ2n) is 3.66. The Morgan fingerprint density at radius 1 is 1.39 bits per heavy atom. The molecule has 0 N–H and O–H groups in total. The molecule has 0 spiro atoms. The monoisotopic (exact) mass is 242 g/mol. The SMILES string of the molecule is N#CCn1nc(CC(=O)[O-])c2ccccc2c1=O. The summed E-state index contributed by atoms with van der Waals surface area (Å²) in [5.74, 6) is -1.28. The van der Waals surface area contributed by atoms with Gasteiger partial charge in [-0.15, -0.1) is 0 Å². The van der Waals surface area contributed by atoms with E-state index in [9.17, 15) is 14.7 Å². The molecule has 90 valence electrons. The molecule has 0 fully saturated rings. The summed E-state index contributed by atoms with van der Waals surface area (Å²) >= 11 is 0. The largest absolute Gasteiger partial charge is 0.550 e. The zero-order valence-corrected chi connectivity index (χ0v) is 9.29. The van der Waals surface area contributed by atoms with Crippen molar-refractivity contribution in [2.45, 2.75) is 13.0 Å². The molecular weight excluding hydrogens is 234 g/mol. The summed E-state index contributed by atoms with van der Waals surface area (Å²) in [6.45, 7) is -0.219. The summed E-state index contributed by atoms with van der Waals surface area (Å²) in [5.41, 5.74) is -0.185. The lowest BCUT2D eigenvalue weighted by molar-refractivity contribution is -0.304. The van der Waals surface area contributed by atoms with Gasteiger partial charge in [0.2, 0.25) is 0 Å². The normalized spacial score (nSPS) is 10.2. The molecule has 0 atom stereocenters. The fraction of sp³-hybridized carbons (Fsp3) is 0.167. The van der Waals surface area contributed by atoms with Crippen molar-refractivity contribution in [3.63, 3.8) is 0 Å². The molecule has 2 aromatic rings. The Hall–Kier alpha value is -2.68. The standard InChI is InChI=1S/C12H9N3O3/c13-5-6-15-12(18)9-4-2-1-3-8(9)10(14-15)7-11(16)17/h1-4H,6-7H2,(H,16,17)/p-1. The van der Waals surface area contributed by atoms with Crippen LogP contribution >= 0.6 is 0 Å². The molecule has 0 unspecified atom stereocenters. The maximum absolute atomic E-state index is 11.9. The lowest BCUT2D eigenvalue weighted by Crippen LogP contribution is -2.29. The number of hydrogen-bond donors (Lipinski definition) is 0. The molecule has 0 amide bonds. The van der Waals surface area contributed by atoms with E-state index < -0.39 is 17.9 Å². The molecule has 0 radical (unpaired) electrons.